The predicted molar refractivity (Wildman–Crippen MR) is 85.6 cm³/mol. The molecule has 0 spiro atoms. The van der Waals surface area contributed by atoms with Gasteiger partial charge in [0.05, 0.1) is 7.11 Å². The number of rotatable bonds is 3. The first kappa shape index (κ1) is 14.7. The van der Waals surface area contributed by atoms with Gasteiger partial charge in [0, 0.05) is 10.7 Å². The fraction of sp³-hybridized carbons (Fsp3) is 0.235. The molecule has 5 heteroatoms. The van der Waals surface area contributed by atoms with Crippen molar-refractivity contribution in [1.82, 2.24) is 0 Å². The summed E-state index contributed by atoms with van der Waals surface area (Å²) in [5, 5.41) is 0.627. The van der Waals surface area contributed by atoms with Crippen molar-refractivity contribution in [3.05, 3.63) is 59.1 Å². The second-order valence-electron chi connectivity index (χ2n) is 5.16. The number of hydrogen-bond donors (Lipinski definition) is 0. The van der Waals surface area contributed by atoms with Crippen LogP contribution in [0.4, 0.5) is 10.5 Å². The maximum atomic E-state index is 12.2. The standard InChI is InChI=1S/C17H16ClNO3/c1-11-16(12-4-3-5-15(10-12)21-2)19(17(20)22-11)14-8-6-13(18)7-9-14/h3-11,16H,1-2H3/t11-,16+/m0/s1. The molecule has 0 bridgehead atoms. The molecule has 1 fully saturated rings. The van der Waals surface area contributed by atoms with Gasteiger partial charge in [0.1, 0.15) is 17.9 Å². The number of benzene rings is 2. The topological polar surface area (TPSA) is 38.8 Å². The Balaban J connectivity index is 2.02. The van der Waals surface area contributed by atoms with E-state index < -0.39 is 0 Å². The molecule has 1 heterocycles. The number of cyclic esters (lactones) is 1. The summed E-state index contributed by atoms with van der Waals surface area (Å²) in [6.07, 6.45) is -0.613. The number of anilines is 1. The number of methoxy groups -OCH3 is 1. The van der Waals surface area contributed by atoms with Gasteiger partial charge in [-0.05, 0) is 48.9 Å². The molecule has 0 unspecified atom stereocenters. The molecule has 3 rings (SSSR count). The largest absolute Gasteiger partial charge is 0.497 e. The number of ether oxygens (including phenoxy) is 2. The molecule has 0 radical (unpaired) electrons. The van der Waals surface area contributed by atoms with E-state index in [9.17, 15) is 4.79 Å². The van der Waals surface area contributed by atoms with E-state index in [2.05, 4.69) is 0 Å². The van der Waals surface area contributed by atoms with E-state index in [1.807, 2.05) is 43.3 Å². The molecule has 0 N–H and O–H groups in total. The Morgan fingerprint density at radius 3 is 2.59 bits per heavy atom. The van der Waals surface area contributed by atoms with Gasteiger partial charge in [-0.3, -0.25) is 4.90 Å². The van der Waals surface area contributed by atoms with Crippen molar-refractivity contribution >= 4 is 23.4 Å². The highest BCUT2D eigenvalue weighted by Gasteiger charge is 2.41. The number of carbonyl (C=O) groups excluding carboxylic acids is 1. The lowest BCUT2D eigenvalue weighted by Crippen LogP contribution is -2.28. The molecule has 2 atom stereocenters. The Labute approximate surface area is 134 Å². The molecule has 1 aliphatic rings. The van der Waals surface area contributed by atoms with Crippen molar-refractivity contribution in [2.75, 3.05) is 12.0 Å². The molecule has 114 valence electrons. The molecule has 1 amide bonds. The van der Waals surface area contributed by atoms with Crippen molar-refractivity contribution in [2.24, 2.45) is 0 Å². The Bertz CT molecular complexity index is 687. The quantitative estimate of drug-likeness (QED) is 0.840. The molecule has 0 saturated carbocycles. The number of carbonyl (C=O) groups is 1. The zero-order valence-corrected chi connectivity index (χ0v) is 13.1. The second kappa shape index (κ2) is 5.89. The summed E-state index contributed by atoms with van der Waals surface area (Å²) < 4.78 is 10.7. The van der Waals surface area contributed by atoms with E-state index in [4.69, 9.17) is 21.1 Å². The van der Waals surface area contributed by atoms with Crippen LogP contribution in [0.5, 0.6) is 5.75 Å². The van der Waals surface area contributed by atoms with Crippen molar-refractivity contribution in [3.63, 3.8) is 0 Å². The van der Waals surface area contributed by atoms with Gasteiger partial charge < -0.3 is 9.47 Å². The molecule has 0 aliphatic carbocycles. The second-order valence-corrected chi connectivity index (χ2v) is 5.59. The molecule has 1 saturated heterocycles. The zero-order valence-electron chi connectivity index (χ0n) is 12.3. The monoisotopic (exact) mass is 317 g/mol. The van der Waals surface area contributed by atoms with Crippen LogP contribution in [0.2, 0.25) is 5.02 Å². The van der Waals surface area contributed by atoms with Gasteiger partial charge >= 0.3 is 6.09 Å². The highest BCUT2D eigenvalue weighted by molar-refractivity contribution is 6.30. The van der Waals surface area contributed by atoms with Crippen LogP contribution >= 0.6 is 11.6 Å². The number of halogens is 1. The van der Waals surface area contributed by atoms with Crippen molar-refractivity contribution in [2.45, 2.75) is 19.1 Å². The average Bonchev–Trinajstić information content (AvgIpc) is 2.82. The van der Waals surface area contributed by atoms with Crippen LogP contribution in [-0.2, 0) is 4.74 Å². The minimum atomic E-state index is -0.359. The van der Waals surface area contributed by atoms with Gasteiger partial charge in [-0.2, -0.15) is 0 Å². The van der Waals surface area contributed by atoms with Crippen molar-refractivity contribution < 1.29 is 14.3 Å². The average molecular weight is 318 g/mol. The van der Waals surface area contributed by atoms with Gasteiger partial charge in [-0.25, -0.2) is 4.79 Å². The molecule has 2 aromatic carbocycles. The van der Waals surface area contributed by atoms with Crippen LogP contribution in [0, 0.1) is 0 Å². The molecular weight excluding hydrogens is 302 g/mol. The minimum absolute atomic E-state index is 0.205. The number of hydrogen-bond acceptors (Lipinski definition) is 3. The SMILES string of the molecule is COc1cccc([C@H]2[C@H](C)OC(=O)N2c2ccc(Cl)cc2)c1. The van der Waals surface area contributed by atoms with Crippen LogP contribution in [-0.4, -0.2) is 19.3 Å². The maximum Gasteiger partial charge on any atom is 0.415 e. The Morgan fingerprint density at radius 1 is 1.18 bits per heavy atom. The lowest BCUT2D eigenvalue weighted by Gasteiger charge is -2.24. The maximum absolute atomic E-state index is 12.2. The molecule has 22 heavy (non-hydrogen) atoms. The highest BCUT2D eigenvalue weighted by Crippen LogP contribution is 2.38. The summed E-state index contributed by atoms with van der Waals surface area (Å²) in [7, 11) is 1.62. The summed E-state index contributed by atoms with van der Waals surface area (Å²) in [6, 6.07) is 14.6. The Hall–Kier alpha value is -2.20. The molecular formula is C17H16ClNO3. The first-order valence-corrected chi connectivity index (χ1v) is 7.37. The molecule has 1 aliphatic heterocycles. The van der Waals surface area contributed by atoms with E-state index in [0.717, 1.165) is 17.0 Å². The lowest BCUT2D eigenvalue weighted by molar-refractivity contribution is 0.141. The number of amides is 1. The van der Waals surface area contributed by atoms with Crippen LogP contribution in [0.25, 0.3) is 0 Å². The van der Waals surface area contributed by atoms with E-state index in [1.54, 1.807) is 24.1 Å². The summed E-state index contributed by atoms with van der Waals surface area (Å²) in [5.74, 6) is 0.750. The molecule has 2 aromatic rings. The summed E-state index contributed by atoms with van der Waals surface area (Å²) in [6.45, 7) is 1.89. The smallest absolute Gasteiger partial charge is 0.415 e. The first-order valence-electron chi connectivity index (χ1n) is 6.99. The fourth-order valence-electron chi connectivity index (χ4n) is 2.72. The van der Waals surface area contributed by atoms with Gasteiger partial charge in [0.15, 0.2) is 0 Å². The minimum Gasteiger partial charge on any atom is -0.497 e. The van der Waals surface area contributed by atoms with Crippen LogP contribution in [0.3, 0.4) is 0 Å². The van der Waals surface area contributed by atoms with Crippen LogP contribution in [0.15, 0.2) is 48.5 Å². The highest BCUT2D eigenvalue weighted by atomic mass is 35.5. The van der Waals surface area contributed by atoms with Crippen molar-refractivity contribution in [3.8, 4) is 5.75 Å². The van der Waals surface area contributed by atoms with Gasteiger partial charge in [0.2, 0.25) is 0 Å². The first-order chi connectivity index (χ1) is 10.6. The zero-order chi connectivity index (χ0) is 15.7. The summed E-state index contributed by atoms with van der Waals surface area (Å²) in [5.41, 5.74) is 1.72. The van der Waals surface area contributed by atoms with Gasteiger partial charge in [-0.15, -0.1) is 0 Å². The van der Waals surface area contributed by atoms with Crippen LogP contribution in [0.1, 0.15) is 18.5 Å². The summed E-state index contributed by atoms with van der Waals surface area (Å²) in [4.78, 5) is 13.9. The van der Waals surface area contributed by atoms with Gasteiger partial charge in [0.25, 0.3) is 0 Å². The summed E-state index contributed by atoms with van der Waals surface area (Å²) >= 11 is 5.93. The normalized spacial score (nSPS) is 20.9. The third kappa shape index (κ3) is 2.62. The van der Waals surface area contributed by atoms with Crippen molar-refractivity contribution in [1.29, 1.82) is 0 Å². The third-order valence-electron chi connectivity index (χ3n) is 3.75. The van der Waals surface area contributed by atoms with Crippen LogP contribution < -0.4 is 9.64 Å². The fourth-order valence-corrected chi connectivity index (χ4v) is 2.84. The Kier molecular flexibility index (Phi) is 3.94. The lowest BCUT2D eigenvalue weighted by atomic mass is 10.0. The van der Waals surface area contributed by atoms with E-state index in [0.29, 0.717) is 5.02 Å². The van der Waals surface area contributed by atoms with E-state index in [1.165, 1.54) is 0 Å². The van der Waals surface area contributed by atoms with E-state index in [-0.39, 0.29) is 18.2 Å². The van der Waals surface area contributed by atoms with Gasteiger partial charge in [-0.1, -0.05) is 23.7 Å². The Morgan fingerprint density at radius 2 is 1.91 bits per heavy atom. The molecule has 4 nitrogen and oxygen atoms in total. The predicted octanol–water partition coefficient (Wildman–Crippen LogP) is 4.44. The molecule has 0 aromatic heterocycles. The van der Waals surface area contributed by atoms with E-state index >= 15 is 0 Å². The third-order valence-corrected chi connectivity index (χ3v) is 4.00. The number of nitrogens with zero attached hydrogens (tertiary/aromatic N) is 1.